The fraction of sp³-hybridized carbons (Fsp3) is 0. The van der Waals surface area contributed by atoms with Crippen LogP contribution in [0.4, 0.5) is 17.1 Å². The van der Waals surface area contributed by atoms with E-state index in [1.54, 1.807) is 0 Å². The Morgan fingerprint density at radius 3 is 1.80 bits per heavy atom. The van der Waals surface area contributed by atoms with Gasteiger partial charge in [0.1, 0.15) is 11.2 Å². The number of anilines is 3. The summed E-state index contributed by atoms with van der Waals surface area (Å²) in [6.07, 6.45) is 0. The normalized spacial score (nSPS) is 11.5. The topological polar surface area (TPSA) is 21.3 Å². The number of benzene rings is 8. The highest BCUT2D eigenvalue weighted by Gasteiger charge is 2.25. The highest BCUT2D eigenvalue weighted by atomic mass is 16.3. The van der Waals surface area contributed by atoms with Gasteiger partial charge in [0.15, 0.2) is 0 Å². The standard InChI is InChI=1S/C48H32N2O/c1-4-16-33(17-5-1)37-22-10-12-26-42(37)49(36-30-31-40-39-23-11-13-29-45(39)51-46(40)32-36)44-28-15-25-41-47-38(34-18-6-2-7-19-34)24-14-27-43(47)50(48(41)44)35-20-8-3-9-21-35/h1-32H. The summed E-state index contributed by atoms with van der Waals surface area (Å²) >= 11 is 0. The third-order valence-electron chi connectivity index (χ3n) is 9.98. The van der Waals surface area contributed by atoms with Crippen molar-refractivity contribution in [1.29, 1.82) is 0 Å². The predicted molar refractivity (Wildman–Crippen MR) is 214 cm³/mol. The molecule has 0 aliphatic carbocycles. The first-order valence-electron chi connectivity index (χ1n) is 17.4. The third kappa shape index (κ3) is 4.74. The van der Waals surface area contributed by atoms with Gasteiger partial charge in [-0.1, -0.05) is 140 Å². The van der Waals surface area contributed by atoms with Crippen LogP contribution < -0.4 is 4.90 Å². The molecule has 0 spiro atoms. The summed E-state index contributed by atoms with van der Waals surface area (Å²) in [6.45, 7) is 0. The number of fused-ring (bicyclic) bond motifs is 6. The molecule has 0 atom stereocenters. The van der Waals surface area contributed by atoms with Gasteiger partial charge in [-0.25, -0.2) is 0 Å². The largest absolute Gasteiger partial charge is 0.456 e. The maximum Gasteiger partial charge on any atom is 0.137 e. The molecule has 0 bridgehead atoms. The average molecular weight is 653 g/mol. The Morgan fingerprint density at radius 1 is 0.412 bits per heavy atom. The van der Waals surface area contributed by atoms with Gasteiger partial charge < -0.3 is 13.9 Å². The van der Waals surface area contributed by atoms with Gasteiger partial charge in [0.25, 0.3) is 0 Å². The lowest BCUT2D eigenvalue weighted by Crippen LogP contribution is -2.12. The maximum absolute atomic E-state index is 6.49. The van der Waals surface area contributed by atoms with E-state index < -0.39 is 0 Å². The molecule has 0 aliphatic heterocycles. The van der Waals surface area contributed by atoms with E-state index in [0.29, 0.717) is 0 Å². The minimum atomic E-state index is 0.859. The van der Waals surface area contributed by atoms with E-state index in [0.717, 1.165) is 66.8 Å². The molecule has 10 rings (SSSR count). The number of hydrogen-bond donors (Lipinski definition) is 0. The van der Waals surface area contributed by atoms with Crippen LogP contribution in [0.5, 0.6) is 0 Å². The number of aromatic nitrogens is 1. The zero-order valence-electron chi connectivity index (χ0n) is 27.8. The van der Waals surface area contributed by atoms with Gasteiger partial charge in [-0.15, -0.1) is 0 Å². The first-order chi connectivity index (χ1) is 25.3. The zero-order valence-corrected chi connectivity index (χ0v) is 27.8. The second kappa shape index (κ2) is 11.9. The van der Waals surface area contributed by atoms with E-state index in [4.69, 9.17) is 4.42 Å². The zero-order chi connectivity index (χ0) is 33.7. The van der Waals surface area contributed by atoms with E-state index in [-0.39, 0.29) is 0 Å². The van der Waals surface area contributed by atoms with Crippen LogP contribution in [0.3, 0.4) is 0 Å². The molecular formula is C48H32N2O. The van der Waals surface area contributed by atoms with Crippen molar-refractivity contribution in [2.24, 2.45) is 0 Å². The SMILES string of the molecule is c1ccc(-c2ccccc2N(c2ccc3c(c2)oc2ccccc23)c2cccc3c4c(-c5ccccc5)cccc4n(-c4ccccc4)c23)cc1. The molecule has 240 valence electrons. The van der Waals surface area contributed by atoms with Crippen molar-refractivity contribution >= 4 is 60.8 Å². The molecule has 0 radical (unpaired) electrons. The molecule has 0 unspecified atom stereocenters. The van der Waals surface area contributed by atoms with Crippen molar-refractivity contribution in [2.75, 3.05) is 4.90 Å². The van der Waals surface area contributed by atoms with Crippen molar-refractivity contribution < 1.29 is 4.42 Å². The second-order valence-corrected chi connectivity index (χ2v) is 12.9. The predicted octanol–water partition coefficient (Wildman–Crippen LogP) is 13.5. The molecule has 3 nitrogen and oxygen atoms in total. The summed E-state index contributed by atoms with van der Waals surface area (Å²) < 4.78 is 8.93. The van der Waals surface area contributed by atoms with Gasteiger partial charge in [-0.3, -0.25) is 0 Å². The Labute approximate surface area is 295 Å². The Hall–Kier alpha value is -6.84. The van der Waals surface area contributed by atoms with Crippen LogP contribution in [-0.4, -0.2) is 4.57 Å². The monoisotopic (exact) mass is 652 g/mol. The van der Waals surface area contributed by atoms with Gasteiger partial charge >= 0.3 is 0 Å². The number of rotatable bonds is 6. The lowest BCUT2D eigenvalue weighted by Gasteiger charge is -2.29. The van der Waals surface area contributed by atoms with E-state index >= 15 is 0 Å². The molecular weight excluding hydrogens is 621 g/mol. The van der Waals surface area contributed by atoms with Crippen LogP contribution in [0.2, 0.25) is 0 Å². The number of hydrogen-bond acceptors (Lipinski definition) is 2. The second-order valence-electron chi connectivity index (χ2n) is 12.9. The van der Waals surface area contributed by atoms with Gasteiger partial charge in [0.2, 0.25) is 0 Å². The molecule has 2 heterocycles. The maximum atomic E-state index is 6.49. The molecule has 0 aliphatic rings. The van der Waals surface area contributed by atoms with E-state index in [1.165, 1.54) is 21.9 Å². The molecule has 2 aromatic heterocycles. The highest BCUT2D eigenvalue weighted by Crippen LogP contribution is 2.48. The lowest BCUT2D eigenvalue weighted by atomic mass is 9.98. The fourth-order valence-corrected chi connectivity index (χ4v) is 7.77. The van der Waals surface area contributed by atoms with Crippen molar-refractivity contribution in [1.82, 2.24) is 4.57 Å². The molecule has 0 amide bonds. The van der Waals surface area contributed by atoms with Crippen LogP contribution in [0.15, 0.2) is 199 Å². The Bertz CT molecular complexity index is 2850. The molecule has 10 aromatic rings. The van der Waals surface area contributed by atoms with Crippen molar-refractivity contribution in [3.8, 4) is 27.9 Å². The molecule has 0 saturated carbocycles. The molecule has 0 fully saturated rings. The first-order valence-corrected chi connectivity index (χ1v) is 17.4. The number of para-hydroxylation sites is 4. The van der Waals surface area contributed by atoms with E-state index in [2.05, 4.69) is 191 Å². The highest BCUT2D eigenvalue weighted by molar-refractivity contribution is 6.19. The Morgan fingerprint density at radius 2 is 1.00 bits per heavy atom. The van der Waals surface area contributed by atoms with Crippen LogP contribution in [0.25, 0.3) is 71.7 Å². The molecule has 51 heavy (non-hydrogen) atoms. The Balaban J connectivity index is 1.34. The molecule has 3 heteroatoms. The lowest BCUT2D eigenvalue weighted by molar-refractivity contribution is 0.669. The van der Waals surface area contributed by atoms with E-state index in [9.17, 15) is 0 Å². The summed E-state index contributed by atoms with van der Waals surface area (Å²) in [5, 5.41) is 4.65. The smallest absolute Gasteiger partial charge is 0.137 e. The van der Waals surface area contributed by atoms with Crippen molar-refractivity contribution in [3.63, 3.8) is 0 Å². The van der Waals surface area contributed by atoms with Crippen LogP contribution in [-0.2, 0) is 0 Å². The summed E-state index contributed by atoms with van der Waals surface area (Å²) in [4.78, 5) is 2.41. The number of nitrogens with zero attached hydrogens (tertiary/aromatic N) is 2. The van der Waals surface area contributed by atoms with Gasteiger partial charge in [0.05, 0.1) is 22.4 Å². The summed E-state index contributed by atoms with van der Waals surface area (Å²) in [5.74, 6) is 0. The fourth-order valence-electron chi connectivity index (χ4n) is 7.77. The molecule has 8 aromatic carbocycles. The number of furan rings is 1. The van der Waals surface area contributed by atoms with Crippen LogP contribution in [0.1, 0.15) is 0 Å². The summed E-state index contributed by atoms with van der Waals surface area (Å²) in [7, 11) is 0. The minimum Gasteiger partial charge on any atom is -0.456 e. The molecule has 0 N–H and O–H groups in total. The summed E-state index contributed by atoms with van der Waals surface area (Å²) in [5.41, 5.74) is 13.0. The van der Waals surface area contributed by atoms with Crippen LogP contribution >= 0.6 is 0 Å². The summed E-state index contributed by atoms with van der Waals surface area (Å²) in [6, 6.07) is 69.1. The van der Waals surface area contributed by atoms with Crippen molar-refractivity contribution in [3.05, 3.63) is 194 Å². The van der Waals surface area contributed by atoms with Gasteiger partial charge in [-0.2, -0.15) is 0 Å². The Kier molecular flexibility index (Phi) is 6.81. The first kappa shape index (κ1) is 29.1. The average Bonchev–Trinajstić information content (AvgIpc) is 3.75. The van der Waals surface area contributed by atoms with Crippen molar-refractivity contribution in [2.45, 2.75) is 0 Å². The molecule has 0 saturated heterocycles. The minimum absolute atomic E-state index is 0.859. The van der Waals surface area contributed by atoms with Crippen LogP contribution in [0, 0.1) is 0 Å². The third-order valence-corrected chi connectivity index (χ3v) is 9.98. The van der Waals surface area contributed by atoms with Gasteiger partial charge in [-0.05, 0) is 65.2 Å². The quantitative estimate of drug-likeness (QED) is 0.178. The van der Waals surface area contributed by atoms with Gasteiger partial charge in [0, 0.05) is 44.5 Å². The van der Waals surface area contributed by atoms with E-state index in [1.807, 2.05) is 12.1 Å².